The second-order valence-corrected chi connectivity index (χ2v) is 11.3. The molecule has 5 rings (SSSR count). The molecule has 0 atom stereocenters. The molecule has 220 valence electrons. The lowest BCUT2D eigenvalue weighted by Crippen LogP contribution is -2.41. The van der Waals surface area contributed by atoms with E-state index in [1.165, 1.54) is 0 Å². The molecule has 10 heteroatoms. The summed E-state index contributed by atoms with van der Waals surface area (Å²) >= 11 is 0. The monoisotopic (exact) mass is 571 g/mol. The van der Waals surface area contributed by atoms with Crippen LogP contribution in [0.4, 0.5) is 10.5 Å². The van der Waals surface area contributed by atoms with Gasteiger partial charge >= 0.3 is 6.09 Å². The number of benzene rings is 2. The van der Waals surface area contributed by atoms with Crippen LogP contribution in [0.15, 0.2) is 60.8 Å². The molecule has 0 aliphatic carbocycles. The van der Waals surface area contributed by atoms with Gasteiger partial charge in [-0.25, -0.2) is 14.3 Å². The van der Waals surface area contributed by atoms with Crippen LogP contribution in [0.1, 0.15) is 62.5 Å². The fourth-order valence-electron chi connectivity index (χ4n) is 5.01. The van der Waals surface area contributed by atoms with Crippen molar-refractivity contribution >= 4 is 23.3 Å². The minimum absolute atomic E-state index is 0.0245. The molecule has 2 amide bonds. The number of methoxy groups -OCH3 is 1. The molecular formula is C32H37N5O5. The maximum absolute atomic E-state index is 13.7. The third kappa shape index (κ3) is 6.64. The molecule has 0 spiro atoms. The average molecular weight is 572 g/mol. The maximum atomic E-state index is 13.7. The number of amides is 2. The summed E-state index contributed by atoms with van der Waals surface area (Å²) in [5.74, 6) is 1.12. The van der Waals surface area contributed by atoms with Gasteiger partial charge in [-0.05, 0) is 76.9 Å². The first-order valence-electron chi connectivity index (χ1n) is 14.2. The zero-order chi connectivity index (χ0) is 29.9. The lowest BCUT2D eigenvalue weighted by atomic mass is 9.90. The number of nitrogens with zero attached hydrogens (tertiary/aromatic N) is 4. The zero-order valence-electron chi connectivity index (χ0n) is 24.7. The van der Waals surface area contributed by atoms with Gasteiger partial charge in [-0.3, -0.25) is 4.79 Å². The molecule has 10 nitrogen and oxygen atoms in total. The third-order valence-electron chi connectivity index (χ3n) is 7.05. The van der Waals surface area contributed by atoms with E-state index >= 15 is 0 Å². The average Bonchev–Trinajstić information content (AvgIpc) is 3.39. The smallest absolute Gasteiger partial charge is 0.410 e. The Morgan fingerprint density at radius 3 is 2.43 bits per heavy atom. The minimum atomic E-state index is -0.561. The number of likely N-dealkylation sites (tertiary alicyclic amines) is 1. The second-order valence-electron chi connectivity index (χ2n) is 11.3. The normalized spacial score (nSPS) is 14.1. The standard InChI is InChI=1S/C32H37N5O5/c1-6-41-24-12-10-21(11-13-24)27-19-28-34-29(22-14-16-36(17-15-22)31(39)42-32(2,3)4)26(20-37(28)35-27)30(38)33-23-8-7-9-25(18-23)40-5/h7-13,18-20,22H,6,14-17H2,1-5H3,(H,33,38). The Morgan fingerprint density at radius 2 is 1.76 bits per heavy atom. The van der Waals surface area contributed by atoms with Crippen molar-refractivity contribution in [2.45, 2.75) is 52.1 Å². The second kappa shape index (κ2) is 12.1. The molecule has 2 aromatic heterocycles. The van der Waals surface area contributed by atoms with Gasteiger partial charge in [0.1, 0.15) is 17.1 Å². The topological polar surface area (TPSA) is 107 Å². The van der Waals surface area contributed by atoms with Gasteiger partial charge in [0.25, 0.3) is 5.91 Å². The molecule has 0 bridgehead atoms. The first-order chi connectivity index (χ1) is 20.1. The highest BCUT2D eigenvalue weighted by molar-refractivity contribution is 6.05. The molecule has 1 N–H and O–H groups in total. The van der Waals surface area contributed by atoms with E-state index in [-0.39, 0.29) is 17.9 Å². The minimum Gasteiger partial charge on any atom is -0.497 e. The van der Waals surface area contributed by atoms with Crippen LogP contribution < -0.4 is 14.8 Å². The Hall–Kier alpha value is -4.60. The zero-order valence-corrected chi connectivity index (χ0v) is 24.7. The molecule has 0 radical (unpaired) electrons. The fourth-order valence-corrected chi connectivity index (χ4v) is 5.01. The number of carbonyl (C=O) groups excluding carboxylic acids is 2. The van der Waals surface area contributed by atoms with Gasteiger partial charge in [0, 0.05) is 48.6 Å². The number of nitrogens with one attached hydrogen (secondary N) is 1. The molecule has 2 aromatic carbocycles. The van der Waals surface area contributed by atoms with Gasteiger partial charge in [-0.2, -0.15) is 5.10 Å². The predicted octanol–water partition coefficient (Wildman–Crippen LogP) is 6.17. The van der Waals surface area contributed by atoms with Gasteiger partial charge in [-0.1, -0.05) is 6.07 Å². The van der Waals surface area contributed by atoms with E-state index in [9.17, 15) is 9.59 Å². The van der Waals surface area contributed by atoms with Crippen LogP contribution in [0.2, 0.25) is 0 Å². The van der Waals surface area contributed by atoms with Crippen LogP contribution in [0.3, 0.4) is 0 Å². The van der Waals surface area contributed by atoms with Crippen molar-refractivity contribution in [3.63, 3.8) is 0 Å². The summed E-state index contributed by atoms with van der Waals surface area (Å²) in [5.41, 5.74) is 3.46. The van der Waals surface area contributed by atoms with E-state index in [4.69, 9.17) is 24.3 Å². The molecule has 3 heterocycles. The van der Waals surface area contributed by atoms with Gasteiger partial charge < -0.3 is 24.4 Å². The lowest BCUT2D eigenvalue weighted by Gasteiger charge is -2.33. The van der Waals surface area contributed by atoms with Crippen LogP contribution >= 0.6 is 0 Å². The number of fused-ring (bicyclic) bond motifs is 1. The number of ether oxygens (including phenoxy) is 3. The van der Waals surface area contributed by atoms with Crippen molar-refractivity contribution in [2.75, 3.05) is 32.1 Å². The molecule has 1 aliphatic rings. The first kappa shape index (κ1) is 28.9. The van der Waals surface area contributed by atoms with E-state index in [2.05, 4.69) is 5.32 Å². The molecule has 0 unspecified atom stereocenters. The Balaban J connectivity index is 1.46. The van der Waals surface area contributed by atoms with Crippen molar-refractivity contribution in [1.29, 1.82) is 0 Å². The first-order valence-corrected chi connectivity index (χ1v) is 14.2. The number of aromatic nitrogens is 3. The summed E-state index contributed by atoms with van der Waals surface area (Å²) in [4.78, 5) is 33.0. The number of rotatable bonds is 7. The Labute approximate surface area is 245 Å². The Kier molecular flexibility index (Phi) is 8.33. The molecule has 0 saturated carbocycles. The Morgan fingerprint density at radius 1 is 1.02 bits per heavy atom. The van der Waals surface area contributed by atoms with Gasteiger partial charge in [0.2, 0.25) is 0 Å². The van der Waals surface area contributed by atoms with E-state index in [0.29, 0.717) is 60.9 Å². The quantitative estimate of drug-likeness (QED) is 0.283. The van der Waals surface area contributed by atoms with Crippen LogP contribution in [0, 0.1) is 0 Å². The van der Waals surface area contributed by atoms with Crippen LogP contribution in [0.5, 0.6) is 11.5 Å². The highest BCUT2D eigenvalue weighted by atomic mass is 16.6. The van der Waals surface area contributed by atoms with E-state index in [0.717, 1.165) is 17.0 Å². The number of piperidine rings is 1. The van der Waals surface area contributed by atoms with Gasteiger partial charge in [-0.15, -0.1) is 0 Å². The van der Waals surface area contributed by atoms with E-state index in [1.54, 1.807) is 28.8 Å². The van der Waals surface area contributed by atoms with Crippen LogP contribution in [0.25, 0.3) is 16.9 Å². The maximum Gasteiger partial charge on any atom is 0.410 e. The van der Waals surface area contributed by atoms with Crippen LogP contribution in [-0.2, 0) is 4.74 Å². The third-order valence-corrected chi connectivity index (χ3v) is 7.05. The SMILES string of the molecule is CCOc1ccc(-c2cc3nc(C4CCN(C(=O)OC(C)(C)C)CC4)c(C(=O)Nc4cccc(OC)c4)cn3n2)cc1. The van der Waals surface area contributed by atoms with Crippen LogP contribution in [-0.4, -0.2) is 63.9 Å². The predicted molar refractivity (Wildman–Crippen MR) is 160 cm³/mol. The summed E-state index contributed by atoms with van der Waals surface area (Å²) in [5, 5.41) is 7.72. The van der Waals surface area contributed by atoms with E-state index in [1.807, 2.05) is 76.2 Å². The molecule has 4 aromatic rings. The van der Waals surface area contributed by atoms with Crippen molar-refractivity contribution < 1.29 is 23.8 Å². The summed E-state index contributed by atoms with van der Waals surface area (Å²) in [6, 6.07) is 16.9. The lowest BCUT2D eigenvalue weighted by molar-refractivity contribution is 0.0203. The highest BCUT2D eigenvalue weighted by Crippen LogP contribution is 2.32. The Bertz CT molecular complexity index is 1570. The van der Waals surface area contributed by atoms with Crippen molar-refractivity contribution in [1.82, 2.24) is 19.5 Å². The summed E-state index contributed by atoms with van der Waals surface area (Å²) < 4.78 is 18.1. The van der Waals surface area contributed by atoms with Gasteiger partial charge in [0.15, 0.2) is 5.65 Å². The van der Waals surface area contributed by atoms with E-state index < -0.39 is 5.60 Å². The summed E-state index contributed by atoms with van der Waals surface area (Å²) in [6.07, 6.45) is 2.73. The van der Waals surface area contributed by atoms with Crippen molar-refractivity contribution in [3.8, 4) is 22.8 Å². The van der Waals surface area contributed by atoms with Crippen molar-refractivity contribution in [2.24, 2.45) is 0 Å². The molecule has 42 heavy (non-hydrogen) atoms. The number of carbonyl (C=O) groups is 2. The van der Waals surface area contributed by atoms with Gasteiger partial charge in [0.05, 0.1) is 30.7 Å². The molecule has 1 aliphatic heterocycles. The van der Waals surface area contributed by atoms with Crippen molar-refractivity contribution in [3.05, 3.63) is 72.1 Å². The number of hydrogen-bond acceptors (Lipinski definition) is 7. The molecule has 1 fully saturated rings. The number of anilines is 1. The molecular weight excluding hydrogens is 534 g/mol. The summed E-state index contributed by atoms with van der Waals surface area (Å²) in [6.45, 7) is 9.14. The molecule has 1 saturated heterocycles. The summed E-state index contributed by atoms with van der Waals surface area (Å²) in [7, 11) is 1.58. The largest absolute Gasteiger partial charge is 0.497 e. The number of hydrogen-bond donors (Lipinski definition) is 1. The highest BCUT2D eigenvalue weighted by Gasteiger charge is 2.31. The fraction of sp³-hybridized carbons (Fsp3) is 0.375.